The molecule has 1 aliphatic rings. The van der Waals surface area contributed by atoms with Crippen molar-refractivity contribution in [3.63, 3.8) is 0 Å². The summed E-state index contributed by atoms with van der Waals surface area (Å²) in [5.41, 5.74) is 0. The fourth-order valence-corrected chi connectivity index (χ4v) is 0.309. The molecule has 0 saturated heterocycles. The molecule has 1 aliphatic heterocycles. The minimum atomic E-state index is -0.567. The molecule has 0 radical (unpaired) electrons. The molecule has 0 atom stereocenters. The SMILES string of the molecule is FC1=CC=NC=C=N1. The van der Waals surface area contributed by atoms with E-state index < -0.39 is 5.95 Å². The molecule has 0 fully saturated rings. The van der Waals surface area contributed by atoms with E-state index in [2.05, 4.69) is 15.9 Å². The zero-order valence-electron chi connectivity index (χ0n) is 4.00. The molecular formula is C5H3FN2. The largest absolute Gasteiger partial charge is 0.255 e. The topological polar surface area (TPSA) is 24.7 Å². The number of allylic oxidation sites excluding steroid dienone is 1. The van der Waals surface area contributed by atoms with Crippen LogP contribution in [0.2, 0.25) is 0 Å². The second kappa shape index (κ2) is 2.19. The van der Waals surface area contributed by atoms with Crippen LogP contribution in [0.5, 0.6) is 0 Å². The molecule has 0 spiro atoms. The molecule has 0 aromatic rings. The van der Waals surface area contributed by atoms with Crippen LogP contribution in [0.1, 0.15) is 0 Å². The second-order valence-electron chi connectivity index (χ2n) is 1.16. The highest BCUT2D eigenvalue weighted by Gasteiger charge is 1.83. The summed E-state index contributed by atoms with van der Waals surface area (Å²) in [6.07, 6.45) is 3.78. The third-order valence-corrected chi connectivity index (χ3v) is 0.602. The van der Waals surface area contributed by atoms with Gasteiger partial charge in [0.25, 0.3) is 0 Å². The Bertz CT molecular complexity index is 196. The summed E-state index contributed by atoms with van der Waals surface area (Å²) in [6, 6.07) is 0. The molecule has 8 heavy (non-hydrogen) atoms. The molecule has 1 heterocycles. The lowest BCUT2D eigenvalue weighted by molar-refractivity contribution is 0.632. The Labute approximate surface area is 45.8 Å². The number of hydrogen-bond donors (Lipinski definition) is 0. The first-order chi connectivity index (χ1) is 3.89. The Hall–Kier alpha value is -1.21. The fourth-order valence-electron chi connectivity index (χ4n) is 0.309. The van der Waals surface area contributed by atoms with Crippen LogP contribution in [0.4, 0.5) is 4.39 Å². The average molecular weight is 110 g/mol. The summed E-state index contributed by atoms with van der Waals surface area (Å²) >= 11 is 0. The predicted molar refractivity (Wildman–Crippen MR) is 29.7 cm³/mol. The van der Waals surface area contributed by atoms with E-state index in [1.54, 1.807) is 0 Å². The number of hydrogen-bond acceptors (Lipinski definition) is 2. The zero-order chi connectivity index (χ0) is 5.82. The number of rotatable bonds is 0. The molecule has 40 valence electrons. The molecule has 0 saturated carbocycles. The van der Waals surface area contributed by atoms with Crippen molar-refractivity contribution in [1.82, 2.24) is 0 Å². The van der Waals surface area contributed by atoms with E-state index in [0.29, 0.717) is 0 Å². The Morgan fingerprint density at radius 1 is 1.62 bits per heavy atom. The van der Waals surface area contributed by atoms with E-state index in [1.165, 1.54) is 12.4 Å². The van der Waals surface area contributed by atoms with Crippen LogP contribution in [0.3, 0.4) is 0 Å². The van der Waals surface area contributed by atoms with Crippen LogP contribution in [0.15, 0.2) is 28.2 Å². The molecule has 0 aromatic carbocycles. The van der Waals surface area contributed by atoms with Gasteiger partial charge in [0.1, 0.15) is 0 Å². The summed E-state index contributed by atoms with van der Waals surface area (Å²) in [6.45, 7) is 0. The monoisotopic (exact) mass is 110 g/mol. The van der Waals surface area contributed by atoms with Gasteiger partial charge in [0.15, 0.2) is 0 Å². The van der Waals surface area contributed by atoms with Gasteiger partial charge in [-0.15, -0.1) is 0 Å². The van der Waals surface area contributed by atoms with Gasteiger partial charge in [-0.1, -0.05) is 0 Å². The second-order valence-corrected chi connectivity index (χ2v) is 1.16. The molecule has 0 aromatic heterocycles. The predicted octanol–water partition coefficient (Wildman–Crippen LogP) is 1.07. The van der Waals surface area contributed by atoms with Crippen LogP contribution >= 0.6 is 0 Å². The first kappa shape index (κ1) is 4.94. The first-order valence-electron chi connectivity index (χ1n) is 2.06. The molecule has 0 aliphatic carbocycles. The fraction of sp³-hybridized carbons (Fsp3) is 0. The van der Waals surface area contributed by atoms with E-state index in [0.717, 1.165) is 6.08 Å². The molecule has 0 N–H and O–H groups in total. The Morgan fingerprint density at radius 3 is 3.38 bits per heavy atom. The van der Waals surface area contributed by atoms with Gasteiger partial charge in [0.05, 0.1) is 6.20 Å². The highest BCUT2D eigenvalue weighted by molar-refractivity contribution is 5.75. The van der Waals surface area contributed by atoms with Crippen molar-refractivity contribution in [2.24, 2.45) is 9.98 Å². The van der Waals surface area contributed by atoms with E-state index in [1.807, 2.05) is 0 Å². The normalized spacial score (nSPS) is 15.9. The number of aliphatic imine (C=N–C) groups is 2. The van der Waals surface area contributed by atoms with Crippen molar-refractivity contribution in [2.75, 3.05) is 0 Å². The van der Waals surface area contributed by atoms with E-state index in [4.69, 9.17) is 0 Å². The molecule has 0 amide bonds. The van der Waals surface area contributed by atoms with Crippen molar-refractivity contribution < 1.29 is 4.39 Å². The van der Waals surface area contributed by atoms with E-state index in [9.17, 15) is 4.39 Å². The molecule has 0 unspecified atom stereocenters. The van der Waals surface area contributed by atoms with Crippen molar-refractivity contribution in [2.45, 2.75) is 0 Å². The van der Waals surface area contributed by atoms with Crippen LogP contribution in [-0.4, -0.2) is 12.1 Å². The van der Waals surface area contributed by atoms with Crippen LogP contribution in [0.25, 0.3) is 0 Å². The Morgan fingerprint density at radius 2 is 2.50 bits per heavy atom. The molecule has 3 heteroatoms. The molecule has 2 nitrogen and oxygen atoms in total. The Kier molecular flexibility index (Phi) is 1.35. The molecule has 0 bridgehead atoms. The smallest absolute Gasteiger partial charge is 0.222 e. The van der Waals surface area contributed by atoms with Gasteiger partial charge in [0.2, 0.25) is 5.95 Å². The van der Waals surface area contributed by atoms with Crippen molar-refractivity contribution in [1.29, 1.82) is 0 Å². The van der Waals surface area contributed by atoms with Crippen LogP contribution < -0.4 is 0 Å². The maximum absolute atomic E-state index is 12.0. The van der Waals surface area contributed by atoms with Crippen LogP contribution in [0, 0.1) is 0 Å². The summed E-state index contributed by atoms with van der Waals surface area (Å²) in [5.74, 6) is 1.69. The van der Waals surface area contributed by atoms with Gasteiger partial charge in [-0.2, -0.15) is 9.38 Å². The van der Waals surface area contributed by atoms with Crippen molar-refractivity contribution >= 4 is 12.1 Å². The van der Waals surface area contributed by atoms with Crippen LogP contribution in [-0.2, 0) is 0 Å². The minimum absolute atomic E-state index is 0.567. The summed E-state index contributed by atoms with van der Waals surface area (Å²) in [5, 5.41) is 0. The highest BCUT2D eigenvalue weighted by atomic mass is 19.1. The number of nitrogens with zero attached hydrogens (tertiary/aromatic N) is 2. The van der Waals surface area contributed by atoms with Gasteiger partial charge in [0, 0.05) is 18.2 Å². The molecular weight excluding hydrogens is 107 g/mol. The maximum atomic E-state index is 12.0. The van der Waals surface area contributed by atoms with E-state index in [-0.39, 0.29) is 0 Å². The quantitative estimate of drug-likeness (QED) is 0.416. The summed E-state index contributed by atoms with van der Waals surface area (Å²) in [7, 11) is 0. The third kappa shape index (κ3) is 1.13. The van der Waals surface area contributed by atoms with Gasteiger partial charge < -0.3 is 0 Å². The van der Waals surface area contributed by atoms with Gasteiger partial charge in [-0.25, -0.2) is 0 Å². The minimum Gasteiger partial charge on any atom is -0.255 e. The summed E-state index contributed by atoms with van der Waals surface area (Å²) in [4.78, 5) is 6.74. The lowest BCUT2D eigenvalue weighted by atomic mass is 10.6. The standard InChI is InChI=1S/C5H3FN2/c6-5-1-2-7-3-4-8-5/h1-3H. The summed E-state index contributed by atoms with van der Waals surface area (Å²) < 4.78 is 12.0. The van der Waals surface area contributed by atoms with Gasteiger partial charge >= 0.3 is 0 Å². The lowest BCUT2D eigenvalue weighted by Crippen LogP contribution is -1.62. The average Bonchev–Trinajstić information content (AvgIpc) is 1.94. The van der Waals surface area contributed by atoms with Crippen molar-refractivity contribution in [3.8, 4) is 0 Å². The third-order valence-electron chi connectivity index (χ3n) is 0.602. The zero-order valence-corrected chi connectivity index (χ0v) is 4.00. The maximum Gasteiger partial charge on any atom is 0.222 e. The Balaban J connectivity index is 2.94. The lowest BCUT2D eigenvalue weighted by Gasteiger charge is -1.72. The van der Waals surface area contributed by atoms with Crippen molar-refractivity contribution in [3.05, 3.63) is 18.2 Å². The highest BCUT2D eigenvalue weighted by Crippen LogP contribution is 1.94. The van der Waals surface area contributed by atoms with E-state index >= 15 is 0 Å². The van der Waals surface area contributed by atoms with Gasteiger partial charge in [-0.05, 0) is 0 Å². The first-order valence-corrected chi connectivity index (χ1v) is 2.06. The molecule has 1 rings (SSSR count). The number of halogens is 1. The van der Waals surface area contributed by atoms with Gasteiger partial charge in [-0.3, -0.25) is 4.99 Å².